The molecule has 2 aromatic heterocycles. The summed E-state index contributed by atoms with van der Waals surface area (Å²) in [5.41, 5.74) is 2.62. The highest BCUT2D eigenvalue weighted by atomic mass is 32.1. The van der Waals surface area contributed by atoms with Crippen molar-refractivity contribution in [1.82, 2.24) is 9.97 Å². The number of thiophene rings is 1. The number of hydrogen-bond acceptors (Lipinski definition) is 5. The first-order valence-corrected chi connectivity index (χ1v) is 11.6. The van der Waals surface area contributed by atoms with Gasteiger partial charge in [0.2, 0.25) is 0 Å². The summed E-state index contributed by atoms with van der Waals surface area (Å²) in [5, 5.41) is 1.09. The van der Waals surface area contributed by atoms with Crippen molar-refractivity contribution in [1.29, 1.82) is 0 Å². The van der Waals surface area contributed by atoms with Crippen LogP contribution in [0.4, 0.5) is 0 Å². The number of fused-ring (bicyclic) bond motifs is 2. The molecule has 0 saturated heterocycles. The number of rotatable bonds is 11. The van der Waals surface area contributed by atoms with Gasteiger partial charge in [0, 0.05) is 10.1 Å². The zero-order valence-corrected chi connectivity index (χ0v) is 18.3. The van der Waals surface area contributed by atoms with Crippen LogP contribution in [0.25, 0.3) is 31.7 Å². The summed E-state index contributed by atoms with van der Waals surface area (Å²) in [7, 11) is 0. The number of para-hydroxylation sites is 2. The molecule has 30 heavy (non-hydrogen) atoms. The molecule has 0 aliphatic carbocycles. The van der Waals surface area contributed by atoms with Gasteiger partial charge in [-0.1, -0.05) is 63.3 Å². The first kappa shape index (κ1) is 20.8. The Balaban J connectivity index is 1.45. The highest BCUT2D eigenvalue weighted by Gasteiger charge is 2.17. The Morgan fingerprint density at radius 3 is 2.53 bits per heavy atom. The Morgan fingerprint density at radius 1 is 0.867 bits per heavy atom. The van der Waals surface area contributed by atoms with E-state index in [1.54, 1.807) is 11.3 Å². The monoisotopic (exact) mass is 420 g/mol. The summed E-state index contributed by atoms with van der Waals surface area (Å²) in [6.45, 7) is 3.23. The van der Waals surface area contributed by atoms with E-state index in [0.717, 1.165) is 45.8 Å². The van der Waals surface area contributed by atoms with Gasteiger partial charge in [-0.05, 0) is 30.7 Å². The zero-order chi connectivity index (χ0) is 20.6. The van der Waals surface area contributed by atoms with Crippen LogP contribution >= 0.6 is 11.3 Å². The second-order valence-corrected chi connectivity index (χ2v) is 8.49. The van der Waals surface area contributed by atoms with Gasteiger partial charge in [0.05, 0.1) is 28.7 Å². The van der Waals surface area contributed by atoms with Crippen molar-refractivity contribution >= 4 is 32.5 Å². The summed E-state index contributed by atoms with van der Waals surface area (Å²) in [6, 6.07) is 16.2. The lowest BCUT2D eigenvalue weighted by Gasteiger charge is -2.09. The molecule has 0 fully saturated rings. The van der Waals surface area contributed by atoms with Gasteiger partial charge < -0.3 is 9.47 Å². The summed E-state index contributed by atoms with van der Waals surface area (Å²) >= 11 is 1.68. The minimum absolute atomic E-state index is 0.254. The highest BCUT2D eigenvalue weighted by molar-refractivity contribution is 7.22. The molecule has 0 spiro atoms. The molecule has 2 heterocycles. The molecule has 0 atom stereocenters. The van der Waals surface area contributed by atoms with Crippen LogP contribution in [0, 0.1) is 0 Å². The van der Waals surface area contributed by atoms with Gasteiger partial charge in [-0.2, -0.15) is 0 Å². The fourth-order valence-electron chi connectivity index (χ4n) is 3.54. The molecule has 4 aromatic rings. The van der Waals surface area contributed by atoms with Crippen LogP contribution in [0.5, 0.6) is 5.75 Å². The van der Waals surface area contributed by atoms with Gasteiger partial charge in [0.25, 0.3) is 0 Å². The summed E-state index contributed by atoms with van der Waals surface area (Å²) in [6.07, 6.45) is 9.36. The highest BCUT2D eigenvalue weighted by Crippen LogP contribution is 2.43. The third kappa shape index (κ3) is 4.97. The predicted molar refractivity (Wildman–Crippen MR) is 125 cm³/mol. The number of benzene rings is 2. The lowest BCUT2D eigenvalue weighted by molar-refractivity contribution is 0.0148. The number of ether oxygens (including phenoxy) is 2. The molecule has 0 aliphatic heterocycles. The Morgan fingerprint density at radius 2 is 1.63 bits per heavy atom. The first-order valence-electron chi connectivity index (χ1n) is 10.8. The van der Waals surface area contributed by atoms with E-state index in [4.69, 9.17) is 14.5 Å². The largest absolute Gasteiger partial charge is 0.465 e. The minimum atomic E-state index is 0.254. The van der Waals surface area contributed by atoms with Crippen molar-refractivity contribution in [3.8, 4) is 16.3 Å². The molecule has 0 N–H and O–H groups in total. The van der Waals surface area contributed by atoms with Crippen molar-refractivity contribution in [2.75, 3.05) is 13.4 Å². The molecule has 4 nitrogen and oxygen atoms in total. The van der Waals surface area contributed by atoms with Gasteiger partial charge in [0.15, 0.2) is 12.5 Å². The smallest absolute Gasteiger partial charge is 0.189 e. The first-order chi connectivity index (χ1) is 14.9. The zero-order valence-electron chi connectivity index (χ0n) is 17.5. The normalized spacial score (nSPS) is 11.4. The average molecular weight is 421 g/mol. The lowest BCUT2D eigenvalue weighted by Crippen LogP contribution is -2.04. The molecule has 0 aliphatic rings. The number of unbranched alkanes of at least 4 members (excludes halogenated alkanes) is 5. The van der Waals surface area contributed by atoms with Crippen molar-refractivity contribution in [2.24, 2.45) is 0 Å². The molecule has 0 amide bonds. The van der Waals surface area contributed by atoms with Crippen molar-refractivity contribution in [3.63, 3.8) is 0 Å². The van der Waals surface area contributed by atoms with Crippen LogP contribution in [-0.2, 0) is 4.74 Å². The van der Waals surface area contributed by atoms with E-state index >= 15 is 0 Å². The molecule has 0 radical (unpaired) electrons. The fourth-order valence-corrected chi connectivity index (χ4v) is 4.65. The van der Waals surface area contributed by atoms with E-state index in [-0.39, 0.29) is 6.79 Å². The molecular formula is C25H28N2O2S. The van der Waals surface area contributed by atoms with Crippen LogP contribution < -0.4 is 4.74 Å². The maximum absolute atomic E-state index is 6.12. The maximum Gasteiger partial charge on any atom is 0.189 e. The number of aromatic nitrogens is 2. The van der Waals surface area contributed by atoms with Gasteiger partial charge in [-0.15, -0.1) is 11.3 Å². The van der Waals surface area contributed by atoms with E-state index in [9.17, 15) is 0 Å². The van der Waals surface area contributed by atoms with Gasteiger partial charge in [-0.25, -0.2) is 4.98 Å². The van der Waals surface area contributed by atoms with Gasteiger partial charge in [0.1, 0.15) is 5.69 Å². The van der Waals surface area contributed by atoms with E-state index in [1.807, 2.05) is 42.6 Å². The van der Waals surface area contributed by atoms with E-state index < -0.39 is 0 Å². The van der Waals surface area contributed by atoms with Crippen LogP contribution in [0.2, 0.25) is 0 Å². The maximum atomic E-state index is 6.12. The van der Waals surface area contributed by atoms with E-state index in [0.29, 0.717) is 0 Å². The van der Waals surface area contributed by atoms with Crippen LogP contribution in [-0.4, -0.2) is 23.4 Å². The summed E-state index contributed by atoms with van der Waals surface area (Å²) < 4.78 is 13.1. The van der Waals surface area contributed by atoms with E-state index in [2.05, 4.69) is 24.0 Å². The molecule has 0 bridgehead atoms. The van der Waals surface area contributed by atoms with Crippen LogP contribution in [0.15, 0.2) is 54.7 Å². The van der Waals surface area contributed by atoms with Gasteiger partial charge in [-0.3, -0.25) is 4.98 Å². The second kappa shape index (κ2) is 10.5. The fraction of sp³-hybridized carbons (Fsp3) is 0.360. The predicted octanol–water partition coefficient (Wildman–Crippen LogP) is 7.22. The lowest BCUT2D eigenvalue weighted by atomic mass is 10.1. The van der Waals surface area contributed by atoms with Crippen molar-refractivity contribution < 1.29 is 9.47 Å². The standard InChI is InChI=1S/C25H28N2O2S/c1-2-3-4-5-6-11-16-28-18-29-24-19-12-7-10-15-23(19)30-25(24)22-17-26-20-13-8-9-14-21(20)27-22/h7-10,12-15,17H,2-6,11,16,18H2,1H3. The third-order valence-corrected chi connectivity index (χ3v) is 6.33. The second-order valence-electron chi connectivity index (χ2n) is 7.44. The number of hydrogen-bond donors (Lipinski definition) is 0. The third-order valence-electron chi connectivity index (χ3n) is 5.16. The average Bonchev–Trinajstić information content (AvgIpc) is 3.16. The minimum Gasteiger partial charge on any atom is -0.465 e. The molecule has 0 unspecified atom stereocenters. The quantitative estimate of drug-likeness (QED) is 0.190. The van der Waals surface area contributed by atoms with Crippen molar-refractivity contribution in [3.05, 3.63) is 54.7 Å². The summed E-state index contributed by atoms with van der Waals surface area (Å²) in [5.74, 6) is 0.836. The SMILES string of the molecule is CCCCCCCCOCOc1c(-c2cnc3ccccc3n2)sc2ccccc12. The topological polar surface area (TPSA) is 44.2 Å². The molecule has 0 saturated carbocycles. The Hall–Kier alpha value is -2.50. The van der Waals surface area contributed by atoms with Gasteiger partial charge >= 0.3 is 0 Å². The molecule has 2 aromatic carbocycles. The Bertz CT molecular complexity index is 1090. The Kier molecular flexibility index (Phi) is 7.27. The molecule has 156 valence electrons. The number of nitrogens with zero attached hydrogens (tertiary/aromatic N) is 2. The van der Waals surface area contributed by atoms with Crippen LogP contribution in [0.1, 0.15) is 45.4 Å². The molecule has 5 heteroatoms. The van der Waals surface area contributed by atoms with Crippen LogP contribution in [0.3, 0.4) is 0 Å². The molecular weight excluding hydrogens is 392 g/mol. The van der Waals surface area contributed by atoms with E-state index in [1.165, 1.54) is 36.8 Å². The van der Waals surface area contributed by atoms with Crippen molar-refractivity contribution in [2.45, 2.75) is 45.4 Å². The molecule has 4 rings (SSSR count). The summed E-state index contributed by atoms with van der Waals surface area (Å²) in [4.78, 5) is 10.4. The Labute approximate surface area is 181 Å².